The summed E-state index contributed by atoms with van der Waals surface area (Å²) < 4.78 is 12.4. The Balaban J connectivity index is 1.78. The van der Waals surface area contributed by atoms with E-state index in [9.17, 15) is 9.59 Å². The fraction of sp³-hybridized carbons (Fsp3) is 0.500. The Labute approximate surface area is 147 Å². The lowest BCUT2D eigenvalue weighted by Gasteiger charge is -2.31. The van der Waals surface area contributed by atoms with Crippen LogP contribution in [0.1, 0.15) is 35.0 Å². The summed E-state index contributed by atoms with van der Waals surface area (Å²) in [7, 11) is 0. The van der Waals surface area contributed by atoms with Gasteiger partial charge in [0.25, 0.3) is 0 Å². The van der Waals surface area contributed by atoms with Crippen molar-refractivity contribution < 1.29 is 19.1 Å². The van der Waals surface area contributed by atoms with E-state index in [0.717, 1.165) is 15.0 Å². The third kappa shape index (κ3) is 3.32. The lowest BCUT2D eigenvalue weighted by molar-refractivity contribution is -0.129. The molecular formula is C16H20N2O4S2. The van der Waals surface area contributed by atoms with Crippen LogP contribution in [0, 0.1) is 0 Å². The lowest BCUT2D eigenvalue weighted by Crippen LogP contribution is -2.56. The highest BCUT2D eigenvalue weighted by Gasteiger charge is 2.36. The number of ether oxygens (including phenoxy) is 2. The van der Waals surface area contributed by atoms with Gasteiger partial charge in [0.05, 0.1) is 16.8 Å². The molecule has 0 unspecified atom stereocenters. The van der Waals surface area contributed by atoms with Crippen molar-refractivity contribution in [3.63, 3.8) is 0 Å². The number of amides is 1. The van der Waals surface area contributed by atoms with Crippen molar-refractivity contribution in [3.05, 3.63) is 21.9 Å². The smallest absolute Gasteiger partial charge is 0.348 e. The molecule has 3 N–H and O–H groups in total. The topological polar surface area (TPSA) is 90.7 Å². The number of fused-ring (bicyclic) bond motifs is 1. The Hall–Kier alpha value is -1.48. The van der Waals surface area contributed by atoms with Crippen LogP contribution in [0.15, 0.2) is 11.4 Å². The molecule has 8 heteroatoms. The Kier molecular flexibility index (Phi) is 5.19. The minimum Gasteiger partial charge on any atom is -0.462 e. The molecule has 130 valence electrons. The standard InChI is InChI=1S/C16H20N2O4S2/c1-2-22-14(19)13-10(12-11(24-13)3-8-23-12)9-18-15(20)16(17)4-6-21-7-5-16/h3,8H,2,4-7,9,17H2,1H3,(H,18,20). The van der Waals surface area contributed by atoms with E-state index < -0.39 is 5.54 Å². The number of nitrogens with one attached hydrogen (secondary N) is 1. The average molecular weight is 368 g/mol. The van der Waals surface area contributed by atoms with Crippen LogP contribution in [0.5, 0.6) is 0 Å². The summed E-state index contributed by atoms with van der Waals surface area (Å²) in [5.41, 5.74) is 6.12. The Morgan fingerprint density at radius 1 is 1.42 bits per heavy atom. The highest BCUT2D eigenvalue weighted by Crippen LogP contribution is 2.36. The highest BCUT2D eigenvalue weighted by molar-refractivity contribution is 7.28. The van der Waals surface area contributed by atoms with Crippen LogP contribution in [-0.4, -0.2) is 37.2 Å². The van der Waals surface area contributed by atoms with E-state index in [-0.39, 0.29) is 18.4 Å². The fourth-order valence-electron chi connectivity index (χ4n) is 2.70. The van der Waals surface area contributed by atoms with Crippen molar-refractivity contribution in [2.24, 2.45) is 5.73 Å². The van der Waals surface area contributed by atoms with Gasteiger partial charge in [0, 0.05) is 30.0 Å². The summed E-state index contributed by atoms with van der Waals surface area (Å²) in [5.74, 6) is -0.541. The molecule has 0 spiro atoms. The van der Waals surface area contributed by atoms with Gasteiger partial charge in [0.1, 0.15) is 4.88 Å². The lowest BCUT2D eigenvalue weighted by atomic mass is 9.90. The van der Waals surface area contributed by atoms with Crippen molar-refractivity contribution >= 4 is 43.9 Å². The van der Waals surface area contributed by atoms with Crippen LogP contribution in [0.2, 0.25) is 0 Å². The number of hydrogen-bond acceptors (Lipinski definition) is 7. The molecule has 0 aromatic carbocycles. The molecule has 2 aromatic heterocycles. The van der Waals surface area contributed by atoms with E-state index in [2.05, 4.69) is 5.32 Å². The van der Waals surface area contributed by atoms with Gasteiger partial charge in [-0.2, -0.15) is 0 Å². The van der Waals surface area contributed by atoms with Gasteiger partial charge in [0.2, 0.25) is 5.91 Å². The van der Waals surface area contributed by atoms with Gasteiger partial charge in [0.15, 0.2) is 0 Å². The molecule has 1 amide bonds. The maximum atomic E-state index is 12.5. The zero-order chi connectivity index (χ0) is 17.2. The molecule has 0 bridgehead atoms. The monoisotopic (exact) mass is 368 g/mol. The molecule has 3 rings (SSSR count). The van der Waals surface area contributed by atoms with Crippen molar-refractivity contribution in [1.82, 2.24) is 5.32 Å². The second kappa shape index (κ2) is 7.18. The quantitative estimate of drug-likeness (QED) is 0.790. The van der Waals surface area contributed by atoms with Crippen LogP contribution in [0.3, 0.4) is 0 Å². The van der Waals surface area contributed by atoms with Crippen molar-refractivity contribution in [2.75, 3.05) is 19.8 Å². The summed E-state index contributed by atoms with van der Waals surface area (Å²) in [6.07, 6.45) is 1.00. The third-order valence-electron chi connectivity index (χ3n) is 4.11. The van der Waals surface area contributed by atoms with Gasteiger partial charge in [-0.25, -0.2) is 4.79 Å². The van der Waals surface area contributed by atoms with E-state index in [1.54, 1.807) is 18.3 Å². The Morgan fingerprint density at radius 3 is 2.88 bits per heavy atom. The van der Waals surface area contributed by atoms with E-state index in [0.29, 0.717) is 37.5 Å². The largest absolute Gasteiger partial charge is 0.462 e. The van der Waals surface area contributed by atoms with Crippen LogP contribution >= 0.6 is 22.7 Å². The van der Waals surface area contributed by atoms with E-state index in [1.165, 1.54) is 11.3 Å². The molecule has 6 nitrogen and oxygen atoms in total. The molecule has 0 aliphatic carbocycles. The first-order chi connectivity index (χ1) is 11.5. The molecule has 1 fully saturated rings. The summed E-state index contributed by atoms with van der Waals surface area (Å²) in [5, 5.41) is 4.88. The number of nitrogens with two attached hydrogens (primary N) is 1. The number of carbonyl (C=O) groups is 2. The Morgan fingerprint density at radius 2 is 2.17 bits per heavy atom. The van der Waals surface area contributed by atoms with Gasteiger partial charge >= 0.3 is 5.97 Å². The molecule has 24 heavy (non-hydrogen) atoms. The SMILES string of the molecule is CCOC(=O)c1sc2ccsc2c1CNC(=O)C1(N)CCOCC1. The summed E-state index contributed by atoms with van der Waals surface area (Å²) in [4.78, 5) is 25.2. The normalized spacial score (nSPS) is 16.9. The predicted molar refractivity (Wildman–Crippen MR) is 94.5 cm³/mol. The second-order valence-corrected chi connectivity index (χ2v) is 7.66. The molecule has 3 heterocycles. The third-order valence-corrected chi connectivity index (χ3v) is 6.39. The summed E-state index contributed by atoms with van der Waals surface area (Å²) in [6.45, 7) is 3.35. The second-order valence-electron chi connectivity index (χ2n) is 5.70. The number of carbonyl (C=O) groups excluding carboxylic acids is 2. The van der Waals surface area contributed by atoms with Crippen molar-refractivity contribution in [3.8, 4) is 0 Å². The zero-order valence-corrected chi connectivity index (χ0v) is 15.1. The van der Waals surface area contributed by atoms with Crippen LogP contribution < -0.4 is 11.1 Å². The molecule has 1 saturated heterocycles. The van der Waals surface area contributed by atoms with E-state index in [4.69, 9.17) is 15.2 Å². The highest BCUT2D eigenvalue weighted by atomic mass is 32.1. The van der Waals surface area contributed by atoms with Gasteiger partial charge in [-0.1, -0.05) is 0 Å². The van der Waals surface area contributed by atoms with Gasteiger partial charge in [-0.05, 0) is 31.2 Å². The average Bonchev–Trinajstić information content (AvgIpc) is 3.15. The maximum Gasteiger partial charge on any atom is 0.348 e. The molecule has 1 aliphatic rings. The summed E-state index contributed by atoms with van der Waals surface area (Å²) >= 11 is 2.95. The zero-order valence-electron chi connectivity index (χ0n) is 13.4. The van der Waals surface area contributed by atoms with E-state index in [1.807, 2.05) is 11.4 Å². The predicted octanol–water partition coefficient (Wildman–Crippen LogP) is 2.26. The van der Waals surface area contributed by atoms with Gasteiger partial charge in [-0.15, -0.1) is 22.7 Å². The number of hydrogen-bond donors (Lipinski definition) is 2. The summed E-state index contributed by atoms with van der Waals surface area (Å²) in [6, 6.07) is 1.97. The molecular weight excluding hydrogens is 348 g/mol. The van der Waals surface area contributed by atoms with Gasteiger partial charge < -0.3 is 20.5 Å². The van der Waals surface area contributed by atoms with Crippen LogP contribution in [-0.2, 0) is 20.8 Å². The van der Waals surface area contributed by atoms with Crippen LogP contribution in [0.25, 0.3) is 9.40 Å². The molecule has 1 aliphatic heterocycles. The Bertz CT molecular complexity index is 746. The van der Waals surface area contributed by atoms with Crippen molar-refractivity contribution in [1.29, 1.82) is 0 Å². The van der Waals surface area contributed by atoms with E-state index >= 15 is 0 Å². The molecule has 0 radical (unpaired) electrons. The number of rotatable bonds is 5. The number of thiophene rings is 2. The number of esters is 1. The first-order valence-electron chi connectivity index (χ1n) is 7.86. The minimum absolute atomic E-state index is 0.198. The minimum atomic E-state index is -0.896. The maximum absolute atomic E-state index is 12.5. The molecule has 0 atom stereocenters. The first-order valence-corrected chi connectivity index (χ1v) is 9.55. The van der Waals surface area contributed by atoms with Crippen LogP contribution in [0.4, 0.5) is 0 Å². The van der Waals surface area contributed by atoms with Crippen molar-refractivity contribution in [2.45, 2.75) is 31.8 Å². The molecule has 2 aromatic rings. The first kappa shape index (κ1) is 17.3. The molecule has 0 saturated carbocycles. The fourth-order valence-corrected chi connectivity index (χ4v) is 4.97. The van der Waals surface area contributed by atoms with Gasteiger partial charge in [-0.3, -0.25) is 4.79 Å².